The molecule has 3 nitrogen and oxygen atoms in total. The van der Waals surface area contributed by atoms with Crippen molar-refractivity contribution < 1.29 is 14.3 Å². The van der Waals surface area contributed by atoms with E-state index in [0.717, 1.165) is 12.8 Å². The third kappa shape index (κ3) is 11.5. The fourth-order valence-electron chi connectivity index (χ4n) is 1.54. The highest BCUT2D eigenvalue weighted by atomic mass is 16.6. The summed E-state index contributed by atoms with van der Waals surface area (Å²) in [6, 6.07) is 0. The molecule has 0 saturated carbocycles. The van der Waals surface area contributed by atoms with E-state index in [-0.39, 0.29) is 5.97 Å². The molecule has 0 spiro atoms. The predicted molar refractivity (Wildman–Crippen MR) is 65.4 cm³/mol. The van der Waals surface area contributed by atoms with Crippen molar-refractivity contribution in [3.8, 4) is 0 Å². The van der Waals surface area contributed by atoms with Gasteiger partial charge in [-0.1, -0.05) is 45.4 Å². The number of methoxy groups -OCH3 is 1. The summed E-state index contributed by atoms with van der Waals surface area (Å²) in [5, 5.41) is 0. The van der Waals surface area contributed by atoms with Crippen LogP contribution in [0.2, 0.25) is 0 Å². The smallest absolute Gasteiger partial charge is 0.305 e. The molecule has 0 atom stereocenters. The lowest BCUT2D eigenvalue weighted by molar-refractivity contribution is -0.145. The molecular formula is C13H26O3. The van der Waals surface area contributed by atoms with Gasteiger partial charge < -0.3 is 9.47 Å². The number of rotatable bonds is 11. The molecule has 96 valence electrons. The molecule has 0 aromatic carbocycles. The summed E-state index contributed by atoms with van der Waals surface area (Å²) in [7, 11) is 1.60. The Balaban J connectivity index is 3.09. The molecule has 0 unspecified atom stereocenters. The maximum atomic E-state index is 11.2. The predicted octanol–water partition coefficient (Wildman–Crippen LogP) is 3.32. The zero-order valence-corrected chi connectivity index (χ0v) is 10.8. The van der Waals surface area contributed by atoms with Crippen molar-refractivity contribution in [1.82, 2.24) is 0 Å². The molecular weight excluding hydrogens is 204 g/mol. The Hall–Kier alpha value is -0.570. The molecule has 0 aliphatic heterocycles. The number of carbonyl (C=O) groups is 1. The van der Waals surface area contributed by atoms with Gasteiger partial charge in [0.05, 0.1) is 6.61 Å². The molecule has 0 bridgehead atoms. The minimum atomic E-state index is -0.0920. The first-order valence-electron chi connectivity index (χ1n) is 6.45. The van der Waals surface area contributed by atoms with E-state index in [4.69, 9.17) is 9.47 Å². The van der Waals surface area contributed by atoms with Crippen molar-refractivity contribution >= 4 is 5.97 Å². The van der Waals surface area contributed by atoms with Gasteiger partial charge in [-0.05, 0) is 6.42 Å². The Kier molecular flexibility index (Phi) is 12.1. The van der Waals surface area contributed by atoms with Crippen LogP contribution in [0.25, 0.3) is 0 Å². The van der Waals surface area contributed by atoms with E-state index in [9.17, 15) is 4.79 Å². The van der Waals surface area contributed by atoms with E-state index in [1.54, 1.807) is 7.11 Å². The van der Waals surface area contributed by atoms with E-state index >= 15 is 0 Å². The Morgan fingerprint density at radius 3 is 2.19 bits per heavy atom. The third-order valence-electron chi connectivity index (χ3n) is 2.53. The molecule has 0 aliphatic rings. The second-order valence-corrected chi connectivity index (χ2v) is 4.08. The minimum Gasteiger partial charge on any atom is -0.463 e. The first-order chi connectivity index (χ1) is 7.81. The van der Waals surface area contributed by atoms with Crippen LogP contribution in [-0.2, 0) is 14.3 Å². The molecule has 0 saturated heterocycles. The molecule has 0 N–H and O–H groups in total. The summed E-state index contributed by atoms with van der Waals surface area (Å²) in [5.74, 6) is -0.0920. The van der Waals surface area contributed by atoms with Crippen LogP contribution in [0.1, 0.15) is 58.3 Å². The van der Waals surface area contributed by atoms with Crippen LogP contribution in [0.4, 0.5) is 0 Å². The van der Waals surface area contributed by atoms with Crippen LogP contribution < -0.4 is 0 Å². The van der Waals surface area contributed by atoms with Gasteiger partial charge in [-0.3, -0.25) is 4.79 Å². The fourth-order valence-corrected chi connectivity index (χ4v) is 1.54. The van der Waals surface area contributed by atoms with Crippen LogP contribution in [0.15, 0.2) is 0 Å². The molecule has 0 aliphatic carbocycles. The van der Waals surface area contributed by atoms with E-state index in [1.807, 2.05) is 0 Å². The summed E-state index contributed by atoms with van der Waals surface area (Å²) in [6.07, 6.45) is 9.14. The summed E-state index contributed by atoms with van der Waals surface area (Å²) < 4.78 is 9.76. The van der Waals surface area contributed by atoms with Gasteiger partial charge in [0.25, 0.3) is 0 Å². The van der Waals surface area contributed by atoms with Gasteiger partial charge in [0.15, 0.2) is 0 Å². The largest absolute Gasteiger partial charge is 0.463 e. The van der Waals surface area contributed by atoms with E-state index in [0.29, 0.717) is 19.6 Å². The van der Waals surface area contributed by atoms with E-state index in [2.05, 4.69) is 6.92 Å². The molecule has 0 rings (SSSR count). The van der Waals surface area contributed by atoms with Gasteiger partial charge in [0.1, 0.15) is 6.61 Å². The zero-order valence-electron chi connectivity index (χ0n) is 10.8. The van der Waals surface area contributed by atoms with Crippen LogP contribution >= 0.6 is 0 Å². The second kappa shape index (κ2) is 12.5. The summed E-state index contributed by atoms with van der Waals surface area (Å²) >= 11 is 0. The molecule has 0 fully saturated rings. The quantitative estimate of drug-likeness (QED) is 0.403. The number of hydrogen-bond acceptors (Lipinski definition) is 3. The Bertz CT molecular complexity index is 157. The average molecular weight is 230 g/mol. The van der Waals surface area contributed by atoms with E-state index in [1.165, 1.54) is 32.1 Å². The lowest BCUT2D eigenvalue weighted by Crippen LogP contribution is -2.09. The van der Waals surface area contributed by atoms with Crippen molar-refractivity contribution in [3.05, 3.63) is 0 Å². The lowest BCUT2D eigenvalue weighted by atomic mass is 10.1. The van der Waals surface area contributed by atoms with Crippen LogP contribution in [0.5, 0.6) is 0 Å². The van der Waals surface area contributed by atoms with Gasteiger partial charge in [-0.25, -0.2) is 0 Å². The Morgan fingerprint density at radius 2 is 1.56 bits per heavy atom. The Morgan fingerprint density at radius 1 is 0.938 bits per heavy atom. The Labute approximate surface area is 99.5 Å². The highest BCUT2D eigenvalue weighted by Crippen LogP contribution is 2.08. The highest BCUT2D eigenvalue weighted by Gasteiger charge is 2.01. The average Bonchev–Trinajstić information content (AvgIpc) is 2.28. The van der Waals surface area contributed by atoms with Gasteiger partial charge in [0.2, 0.25) is 0 Å². The third-order valence-corrected chi connectivity index (χ3v) is 2.53. The highest BCUT2D eigenvalue weighted by molar-refractivity contribution is 5.69. The van der Waals surface area contributed by atoms with Crippen LogP contribution in [0, 0.1) is 0 Å². The van der Waals surface area contributed by atoms with Crippen molar-refractivity contribution in [2.24, 2.45) is 0 Å². The van der Waals surface area contributed by atoms with E-state index < -0.39 is 0 Å². The number of esters is 1. The van der Waals surface area contributed by atoms with Crippen molar-refractivity contribution in [2.45, 2.75) is 58.3 Å². The molecule has 0 aromatic rings. The van der Waals surface area contributed by atoms with Crippen LogP contribution in [0.3, 0.4) is 0 Å². The molecule has 3 heteroatoms. The standard InChI is InChI=1S/C13H26O3/c1-3-4-5-6-7-8-9-10-13(14)16-12-11-15-2/h3-12H2,1-2H3. The number of carbonyl (C=O) groups excluding carboxylic acids is 1. The second-order valence-electron chi connectivity index (χ2n) is 4.08. The summed E-state index contributed by atoms with van der Waals surface area (Å²) in [4.78, 5) is 11.2. The molecule has 0 amide bonds. The molecule has 16 heavy (non-hydrogen) atoms. The van der Waals surface area contributed by atoms with Crippen molar-refractivity contribution in [2.75, 3.05) is 20.3 Å². The number of unbranched alkanes of at least 4 members (excludes halogenated alkanes) is 6. The van der Waals surface area contributed by atoms with Gasteiger partial charge >= 0.3 is 5.97 Å². The molecule has 0 radical (unpaired) electrons. The van der Waals surface area contributed by atoms with Crippen molar-refractivity contribution in [1.29, 1.82) is 0 Å². The zero-order chi connectivity index (χ0) is 12.1. The summed E-state index contributed by atoms with van der Waals surface area (Å²) in [5.41, 5.74) is 0. The normalized spacial score (nSPS) is 10.4. The maximum absolute atomic E-state index is 11.2. The van der Waals surface area contributed by atoms with Crippen molar-refractivity contribution in [3.63, 3.8) is 0 Å². The SMILES string of the molecule is CCCCCCCCCC(=O)OCCOC. The lowest BCUT2D eigenvalue weighted by Gasteiger charge is -2.04. The maximum Gasteiger partial charge on any atom is 0.305 e. The monoisotopic (exact) mass is 230 g/mol. The first-order valence-corrected chi connectivity index (χ1v) is 6.45. The number of hydrogen-bond donors (Lipinski definition) is 0. The van der Waals surface area contributed by atoms with Gasteiger partial charge in [0, 0.05) is 13.5 Å². The minimum absolute atomic E-state index is 0.0920. The molecule has 0 aromatic heterocycles. The van der Waals surface area contributed by atoms with Crippen LogP contribution in [-0.4, -0.2) is 26.3 Å². The fraction of sp³-hybridized carbons (Fsp3) is 0.923. The topological polar surface area (TPSA) is 35.5 Å². The first kappa shape index (κ1) is 15.4. The van der Waals surface area contributed by atoms with Gasteiger partial charge in [-0.2, -0.15) is 0 Å². The summed E-state index contributed by atoms with van der Waals surface area (Å²) in [6.45, 7) is 3.09. The number of ether oxygens (including phenoxy) is 2. The molecule has 0 heterocycles. The van der Waals surface area contributed by atoms with Gasteiger partial charge in [-0.15, -0.1) is 0 Å².